The first-order valence-corrected chi connectivity index (χ1v) is 5.32. The predicted octanol–water partition coefficient (Wildman–Crippen LogP) is 2.00. The highest BCUT2D eigenvalue weighted by atomic mass is 16.5. The highest BCUT2D eigenvalue weighted by Gasteiger charge is 2.23. The van der Waals surface area contributed by atoms with Gasteiger partial charge in [-0.05, 0) is 31.9 Å². The van der Waals surface area contributed by atoms with Crippen LogP contribution in [0.2, 0.25) is 0 Å². The number of ketones is 1. The average molecular weight is 205 g/mol. The van der Waals surface area contributed by atoms with Crippen LogP contribution in [0, 0.1) is 12.8 Å². The number of aryl methyl sites for hydroxylation is 1. The zero-order valence-corrected chi connectivity index (χ0v) is 8.90. The van der Waals surface area contributed by atoms with E-state index in [1.165, 1.54) is 0 Å². The highest BCUT2D eigenvalue weighted by molar-refractivity contribution is 5.98. The van der Waals surface area contributed by atoms with Gasteiger partial charge < -0.3 is 4.74 Å². The Bertz CT molecular complexity index is 356. The van der Waals surface area contributed by atoms with Crippen LogP contribution in [0.25, 0.3) is 0 Å². The zero-order chi connectivity index (χ0) is 10.7. The molecule has 2 rings (SSSR count). The molecule has 3 heteroatoms. The van der Waals surface area contributed by atoms with E-state index in [1.807, 2.05) is 19.1 Å². The van der Waals surface area contributed by atoms with E-state index in [1.54, 1.807) is 6.20 Å². The van der Waals surface area contributed by atoms with Crippen molar-refractivity contribution in [3.8, 4) is 0 Å². The molecule has 15 heavy (non-hydrogen) atoms. The first-order chi connectivity index (χ1) is 7.29. The molecule has 1 aliphatic heterocycles. The molecule has 1 saturated heterocycles. The second kappa shape index (κ2) is 4.53. The summed E-state index contributed by atoms with van der Waals surface area (Å²) in [5.41, 5.74) is 1.60. The first kappa shape index (κ1) is 10.3. The Balaban J connectivity index is 2.16. The lowest BCUT2D eigenvalue weighted by molar-refractivity contribution is 0.0544. The fourth-order valence-corrected chi connectivity index (χ4v) is 1.92. The lowest BCUT2D eigenvalue weighted by Crippen LogP contribution is -2.24. The molecule has 0 aromatic carbocycles. The number of hydrogen-bond donors (Lipinski definition) is 0. The Kier molecular flexibility index (Phi) is 3.11. The molecule has 0 amide bonds. The number of aromatic nitrogens is 1. The van der Waals surface area contributed by atoms with Crippen LogP contribution >= 0.6 is 0 Å². The number of hydrogen-bond acceptors (Lipinski definition) is 3. The van der Waals surface area contributed by atoms with Gasteiger partial charge in [0.25, 0.3) is 0 Å². The van der Waals surface area contributed by atoms with Crippen LogP contribution in [-0.4, -0.2) is 24.0 Å². The molecule has 0 unspecified atom stereocenters. The van der Waals surface area contributed by atoms with Gasteiger partial charge in [-0.25, -0.2) is 0 Å². The molecule has 0 spiro atoms. The molecule has 1 aliphatic rings. The maximum Gasteiger partial charge on any atom is 0.167 e. The van der Waals surface area contributed by atoms with E-state index in [4.69, 9.17) is 4.74 Å². The molecule has 0 N–H and O–H groups in total. The summed E-state index contributed by atoms with van der Waals surface area (Å²) in [6, 6.07) is 3.68. The van der Waals surface area contributed by atoms with Gasteiger partial charge in [-0.1, -0.05) is 0 Å². The van der Waals surface area contributed by atoms with Crippen LogP contribution in [0.15, 0.2) is 18.3 Å². The summed E-state index contributed by atoms with van der Waals surface area (Å²) < 4.78 is 5.25. The number of carbonyl (C=O) groups is 1. The normalized spacial score (nSPS) is 17.7. The number of Topliss-reactive ketones (excluding diaryl/α,β-unsaturated/α-hetero) is 1. The minimum Gasteiger partial charge on any atom is -0.381 e. The van der Waals surface area contributed by atoms with Gasteiger partial charge in [0.05, 0.1) is 0 Å². The quantitative estimate of drug-likeness (QED) is 0.693. The molecule has 0 radical (unpaired) electrons. The van der Waals surface area contributed by atoms with E-state index in [2.05, 4.69) is 4.98 Å². The molecular formula is C12H15NO2. The summed E-state index contributed by atoms with van der Waals surface area (Å²) in [5, 5.41) is 0. The van der Waals surface area contributed by atoms with Crippen molar-refractivity contribution in [3.05, 3.63) is 29.6 Å². The van der Waals surface area contributed by atoms with Crippen LogP contribution in [0.5, 0.6) is 0 Å². The monoisotopic (exact) mass is 205 g/mol. The second-order valence-electron chi connectivity index (χ2n) is 3.89. The van der Waals surface area contributed by atoms with Crippen LogP contribution in [-0.2, 0) is 4.74 Å². The van der Waals surface area contributed by atoms with Crippen molar-refractivity contribution in [2.24, 2.45) is 5.92 Å². The fraction of sp³-hybridized carbons (Fsp3) is 0.500. The maximum absolute atomic E-state index is 12.1. The summed E-state index contributed by atoms with van der Waals surface area (Å²) in [6.07, 6.45) is 3.40. The van der Waals surface area contributed by atoms with E-state index < -0.39 is 0 Å². The van der Waals surface area contributed by atoms with Gasteiger partial charge in [-0.2, -0.15) is 0 Å². The Morgan fingerprint density at radius 3 is 2.87 bits per heavy atom. The zero-order valence-electron chi connectivity index (χ0n) is 8.90. The molecule has 0 bridgehead atoms. The Morgan fingerprint density at radius 2 is 2.20 bits per heavy atom. The number of nitrogens with zero attached hydrogens (tertiary/aromatic N) is 1. The lowest BCUT2D eigenvalue weighted by atomic mass is 9.90. The molecule has 80 valence electrons. The van der Waals surface area contributed by atoms with Gasteiger partial charge >= 0.3 is 0 Å². The summed E-state index contributed by atoms with van der Waals surface area (Å²) >= 11 is 0. The van der Waals surface area contributed by atoms with Gasteiger partial charge in [0.15, 0.2) is 5.78 Å². The maximum atomic E-state index is 12.1. The van der Waals surface area contributed by atoms with E-state index >= 15 is 0 Å². The standard InChI is InChI=1S/C12H15NO2/c1-9-11(3-2-6-13-9)12(14)10-4-7-15-8-5-10/h2-3,6,10H,4-5,7-8H2,1H3. The van der Waals surface area contributed by atoms with Crippen molar-refractivity contribution in [3.63, 3.8) is 0 Å². The topological polar surface area (TPSA) is 39.2 Å². The molecule has 2 heterocycles. The third kappa shape index (κ3) is 2.23. The molecule has 0 atom stereocenters. The Morgan fingerprint density at radius 1 is 1.47 bits per heavy atom. The molecule has 0 aliphatic carbocycles. The largest absolute Gasteiger partial charge is 0.381 e. The van der Waals surface area contributed by atoms with Crippen LogP contribution in [0.1, 0.15) is 28.9 Å². The number of pyridine rings is 1. The van der Waals surface area contributed by atoms with Gasteiger partial charge in [0.2, 0.25) is 0 Å². The molecule has 1 aromatic rings. The van der Waals surface area contributed by atoms with Gasteiger partial charge in [-0.15, -0.1) is 0 Å². The summed E-state index contributed by atoms with van der Waals surface area (Å²) in [4.78, 5) is 16.3. The molecular weight excluding hydrogens is 190 g/mol. The number of rotatable bonds is 2. The smallest absolute Gasteiger partial charge is 0.167 e. The third-order valence-electron chi connectivity index (χ3n) is 2.86. The molecule has 1 fully saturated rings. The first-order valence-electron chi connectivity index (χ1n) is 5.32. The number of carbonyl (C=O) groups excluding carboxylic acids is 1. The van der Waals surface area contributed by atoms with Crippen LogP contribution < -0.4 is 0 Å². The van der Waals surface area contributed by atoms with Crippen molar-refractivity contribution in [1.82, 2.24) is 4.98 Å². The van der Waals surface area contributed by atoms with Gasteiger partial charge in [0.1, 0.15) is 0 Å². The SMILES string of the molecule is Cc1ncccc1C(=O)C1CCOCC1. The van der Waals surface area contributed by atoms with E-state index in [0.29, 0.717) is 13.2 Å². The predicted molar refractivity (Wildman–Crippen MR) is 56.8 cm³/mol. The van der Waals surface area contributed by atoms with Crippen LogP contribution in [0.4, 0.5) is 0 Å². The second-order valence-corrected chi connectivity index (χ2v) is 3.89. The van der Waals surface area contributed by atoms with Gasteiger partial charge in [0, 0.05) is 36.6 Å². The summed E-state index contributed by atoms with van der Waals surface area (Å²) in [5.74, 6) is 0.352. The van der Waals surface area contributed by atoms with Crippen molar-refractivity contribution >= 4 is 5.78 Å². The summed E-state index contributed by atoms with van der Waals surface area (Å²) in [7, 11) is 0. The van der Waals surface area contributed by atoms with Crippen molar-refractivity contribution < 1.29 is 9.53 Å². The fourth-order valence-electron chi connectivity index (χ4n) is 1.92. The van der Waals surface area contributed by atoms with Gasteiger partial charge in [-0.3, -0.25) is 9.78 Å². The van der Waals surface area contributed by atoms with E-state index in [9.17, 15) is 4.79 Å². The molecule has 0 saturated carbocycles. The minimum atomic E-state index is 0.127. The number of ether oxygens (including phenoxy) is 1. The molecule has 1 aromatic heterocycles. The van der Waals surface area contributed by atoms with E-state index in [-0.39, 0.29) is 11.7 Å². The van der Waals surface area contributed by atoms with Crippen molar-refractivity contribution in [1.29, 1.82) is 0 Å². The van der Waals surface area contributed by atoms with E-state index in [0.717, 1.165) is 24.1 Å². The summed E-state index contributed by atoms with van der Waals surface area (Å²) in [6.45, 7) is 3.29. The highest BCUT2D eigenvalue weighted by Crippen LogP contribution is 2.20. The minimum absolute atomic E-state index is 0.127. The lowest BCUT2D eigenvalue weighted by Gasteiger charge is -2.21. The Hall–Kier alpha value is -1.22. The molecule has 3 nitrogen and oxygen atoms in total. The Labute approximate surface area is 89.5 Å². The van der Waals surface area contributed by atoms with Crippen LogP contribution in [0.3, 0.4) is 0 Å². The average Bonchev–Trinajstić information content (AvgIpc) is 2.30. The van der Waals surface area contributed by atoms with Crippen molar-refractivity contribution in [2.45, 2.75) is 19.8 Å². The van der Waals surface area contributed by atoms with Crippen molar-refractivity contribution in [2.75, 3.05) is 13.2 Å². The third-order valence-corrected chi connectivity index (χ3v) is 2.86.